The summed E-state index contributed by atoms with van der Waals surface area (Å²) in [6.07, 6.45) is 7.71. The van der Waals surface area contributed by atoms with Crippen LogP contribution >= 0.6 is 0 Å². The van der Waals surface area contributed by atoms with Gasteiger partial charge in [0.15, 0.2) is 14.5 Å². The third kappa shape index (κ3) is 7.85. The van der Waals surface area contributed by atoms with Crippen LogP contribution in [0.15, 0.2) is 24.4 Å². The number of aromatic nitrogens is 6. The van der Waals surface area contributed by atoms with Crippen molar-refractivity contribution in [1.29, 1.82) is 0 Å². The first-order chi connectivity index (χ1) is 24.7. The molecule has 2 aliphatic heterocycles. The molecule has 6 rings (SSSR count). The number of rotatable bonds is 8. The van der Waals surface area contributed by atoms with E-state index in [1.165, 1.54) is 7.11 Å². The molecule has 3 aromatic heterocycles. The maximum atomic E-state index is 13.3. The molecule has 2 bridgehead atoms. The predicted octanol–water partition coefficient (Wildman–Crippen LogP) is 6.68. The van der Waals surface area contributed by atoms with Crippen LogP contribution in [0, 0.1) is 0 Å². The lowest BCUT2D eigenvalue weighted by Crippen LogP contribution is -2.41. The second-order valence-electron chi connectivity index (χ2n) is 15.7. The van der Waals surface area contributed by atoms with E-state index in [0.29, 0.717) is 38.1 Å². The molecule has 4 aromatic rings. The first kappa shape index (κ1) is 37.8. The van der Waals surface area contributed by atoms with E-state index in [1.807, 2.05) is 54.3 Å². The number of carbonyl (C=O) groups is 1. The molecule has 1 fully saturated rings. The van der Waals surface area contributed by atoms with Crippen molar-refractivity contribution in [2.45, 2.75) is 104 Å². The zero-order chi connectivity index (χ0) is 37.4. The normalized spacial score (nSPS) is 19.5. The van der Waals surface area contributed by atoms with Gasteiger partial charge in [0.05, 0.1) is 60.6 Å². The maximum Gasteiger partial charge on any atom is 0.348 e. The summed E-state index contributed by atoms with van der Waals surface area (Å²) in [6, 6.07) is 6.23. The van der Waals surface area contributed by atoms with Gasteiger partial charge in [0, 0.05) is 32.1 Å². The van der Waals surface area contributed by atoms with Gasteiger partial charge in [0.1, 0.15) is 0 Å². The van der Waals surface area contributed by atoms with E-state index < -0.39 is 20.4 Å². The van der Waals surface area contributed by atoms with Crippen molar-refractivity contribution < 1.29 is 28.2 Å². The van der Waals surface area contributed by atoms with Crippen molar-refractivity contribution >= 4 is 37.3 Å². The number of methoxy groups -OCH3 is 1. The Hall–Kier alpha value is -3.98. The van der Waals surface area contributed by atoms with Crippen LogP contribution < -0.4 is 9.47 Å². The average Bonchev–Trinajstić information content (AvgIpc) is 3.74. The van der Waals surface area contributed by atoms with Crippen LogP contribution in [0.5, 0.6) is 11.8 Å². The van der Waals surface area contributed by atoms with Gasteiger partial charge >= 0.3 is 5.97 Å². The standard InChI is InChI=1S/C38H55N7O6Si/c1-25(2)50-35-27-15-16-30-28-21-26(14-17-31(28)45(40-30)34-13-11-12-19-48-34)29-22-39-43(7)36(29)51-33(37(46)47-8)24-42(6)23-32(27)44(41-35)18-20-49-52(9,10)38(3,4)5/h14-17,21-22,25,33-34H,11-13,18-20,23-24H2,1-10H3/b16-15-/t33-,34?/m1/s1. The summed E-state index contributed by atoms with van der Waals surface area (Å²) >= 11 is 0. The van der Waals surface area contributed by atoms with Gasteiger partial charge in [-0.3, -0.25) is 9.58 Å². The molecule has 5 heterocycles. The summed E-state index contributed by atoms with van der Waals surface area (Å²) in [6.45, 7) is 17.7. The molecule has 2 aliphatic rings. The monoisotopic (exact) mass is 733 g/mol. The van der Waals surface area contributed by atoms with Gasteiger partial charge in [-0.2, -0.15) is 10.2 Å². The van der Waals surface area contributed by atoms with E-state index in [4.69, 9.17) is 33.6 Å². The largest absolute Gasteiger partial charge is 0.473 e. The lowest BCUT2D eigenvalue weighted by Gasteiger charge is -2.36. The molecule has 52 heavy (non-hydrogen) atoms. The topological polar surface area (TPSA) is 120 Å². The van der Waals surface area contributed by atoms with Crippen LogP contribution in [0.2, 0.25) is 18.1 Å². The van der Waals surface area contributed by atoms with Crippen molar-refractivity contribution in [3.8, 4) is 22.9 Å². The highest BCUT2D eigenvalue weighted by molar-refractivity contribution is 6.74. The minimum absolute atomic E-state index is 0.0784. The molecule has 14 heteroatoms. The van der Waals surface area contributed by atoms with Crippen LogP contribution in [0.25, 0.3) is 34.2 Å². The molecule has 0 spiro atoms. The molecule has 0 radical (unpaired) electrons. The molecule has 0 N–H and O–H groups in total. The van der Waals surface area contributed by atoms with Crippen molar-refractivity contribution in [3.05, 3.63) is 41.3 Å². The summed E-state index contributed by atoms with van der Waals surface area (Å²) in [5.74, 6) is 0.528. The second-order valence-corrected chi connectivity index (χ2v) is 20.5. The smallest absolute Gasteiger partial charge is 0.348 e. The van der Waals surface area contributed by atoms with Gasteiger partial charge < -0.3 is 23.4 Å². The summed E-state index contributed by atoms with van der Waals surface area (Å²) < 4.78 is 36.6. The number of likely N-dealkylation sites (N-methyl/N-ethyl adjacent to an activating group) is 1. The Morgan fingerprint density at radius 1 is 1.12 bits per heavy atom. The number of hydrogen-bond donors (Lipinski definition) is 0. The highest BCUT2D eigenvalue weighted by Gasteiger charge is 2.37. The third-order valence-corrected chi connectivity index (χ3v) is 14.9. The number of fused-ring (bicyclic) bond motifs is 4. The van der Waals surface area contributed by atoms with E-state index in [9.17, 15) is 4.79 Å². The van der Waals surface area contributed by atoms with Crippen LogP contribution in [-0.4, -0.2) is 94.7 Å². The average molecular weight is 734 g/mol. The highest BCUT2D eigenvalue weighted by atomic mass is 28.4. The maximum absolute atomic E-state index is 13.3. The lowest BCUT2D eigenvalue weighted by molar-refractivity contribution is -0.149. The van der Waals surface area contributed by atoms with Crippen molar-refractivity contribution in [3.63, 3.8) is 0 Å². The minimum atomic E-state index is -2.00. The fourth-order valence-electron chi connectivity index (χ4n) is 6.47. The molecule has 1 unspecified atom stereocenters. The molecule has 1 saturated heterocycles. The summed E-state index contributed by atoms with van der Waals surface area (Å²) in [5.41, 5.74) is 5.19. The summed E-state index contributed by atoms with van der Waals surface area (Å²) in [7, 11) is 3.14. The SMILES string of the molecule is COC(=O)[C@H]1CN(C)Cc2c(c(OC(C)C)nn2CCO[Si](C)(C)C(C)(C)C)/C=C\c2nn(C3CCCCO3)c3ccc(cc23)-c2cnn(C)c2O1. The Balaban J connectivity index is 1.52. The summed E-state index contributed by atoms with van der Waals surface area (Å²) in [4.78, 5) is 15.3. The zero-order valence-electron chi connectivity index (χ0n) is 32.4. The fourth-order valence-corrected chi connectivity index (χ4v) is 7.50. The first-order valence-corrected chi connectivity index (χ1v) is 21.2. The van der Waals surface area contributed by atoms with Gasteiger partial charge in [-0.15, -0.1) is 5.10 Å². The second kappa shape index (κ2) is 15.2. The van der Waals surface area contributed by atoms with E-state index in [2.05, 4.69) is 57.2 Å². The number of hydrogen-bond acceptors (Lipinski definition) is 10. The number of benzene rings is 1. The van der Waals surface area contributed by atoms with Crippen LogP contribution in [-0.2, 0) is 38.8 Å². The fraction of sp³-hybridized carbons (Fsp3) is 0.579. The molecule has 1 aromatic carbocycles. The highest BCUT2D eigenvalue weighted by Crippen LogP contribution is 2.38. The molecule has 13 nitrogen and oxygen atoms in total. The number of aryl methyl sites for hydroxylation is 1. The van der Waals surface area contributed by atoms with Crippen molar-refractivity contribution in [2.24, 2.45) is 7.05 Å². The van der Waals surface area contributed by atoms with Gasteiger partial charge in [-0.05, 0) is 88.1 Å². The Labute approximate surface area is 307 Å². The van der Waals surface area contributed by atoms with E-state index in [-0.39, 0.29) is 23.9 Å². The molecular weight excluding hydrogens is 679 g/mol. The number of esters is 1. The van der Waals surface area contributed by atoms with Crippen LogP contribution in [0.4, 0.5) is 0 Å². The molecule has 0 aliphatic carbocycles. The molecule has 282 valence electrons. The van der Waals surface area contributed by atoms with Crippen molar-refractivity contribution in [1.82, 2.24) is 34.2 Å². The Morgan fingerprint density at radius 2 is 1.90 bits per heavy atom. The molecule has 0 saturated carbocycles. The van der Waals surface area contributed by atoms with Gasteiger partial charge in [-0.1, -0.05) is 26.8 Å². The predicted molar refractivity (Wildman–Crippen MR) is 204 cm³/mol. The summed E-state index contributed by atoms with van der Waals surface area (Å²) in [5, 5.41) is 15.7. The van der Waals surface area contributed by atoms with E-state index in [1.54, 1.807) is 10.9 Å². The van der Waals surface area contributed by atoms with Crippen LogP contribution in [0.3, 0.4) is 0 Å². The Bertz CT molecular complexity index is 1910. The lowest BCUT2D eigenvalue weighted by atomic mass is 10.0. The molecular formula is C38H55N7O6Si. The van der Waals surface area contributed by atoms with Crippen molar-refractivity contribution in [2.75, 3.05) is 33.9 Å². The van der Waals surface area contributed by atoms with Crippen LogP contribution in [0.1, 0.15) is 77.1 Å². The first-order valence-electron chi connectivity index (χ1n) is 18.3. The Kier molecular flexibility index (Phi) is 11.0. The van der Waals surface area contributed by atoms with E-state index in [0.717, 1.165) is 58.2 Å². The Morgan fingerprint density at radius 3 is 2.60 bits per heavy atom. The number of carbonyl (C=O) groups excluding carboxylic acids is 1. The quantitative estimate of drug-likeness (QED) is 0.143. The van der Waals surface area contributed by atoms with E-state index >= 15 is 0 Å². The number of ether oxygens (including phenoxy) is 4. The molecule has 2 atom stereocenters. The van der Waals surface area contributed by atoms with Gasteiger partial charge in [0.2, 0.25) is 17.9 Å². The van der Waals surface area contributed by atoms with Gasteiger partial charge in [0.25, 0.3) is 0 Å². The third-order valence-electron chi connectivity index (χ3n) is 10.4. The zero-order valence-corrected chi connectivity index (χ0v) is 33.4. The minimum Gasteiger partial charge on any atom is -0.473 e. The molecule has 0 amide bonds. The number of nitrogens with zero attached hydrogens (tertiary/aromatic N) is 7. The van der Waals surface area contributed by atoms with Gasteiger partial charge in [-0.25, -0.2) is 14.2 Å².